The molecule has 0 unspecified atom stereocenters. The fourth-order valence-corrected chi connectivity index (χ4v) is 22.9. The highest BCUT2D eigenvalue weighted by Crippen LogP contribution is 2.50. The van der Waals surface area contributed by atoms with E-state index < -0.39 is 0 Å². The second kappa shape index (κ2) is 31.8. The topological polar surface area (TPSA) is 150 Å². The summed E-state index contributed by atoms with van der Waals surface area (Å²) < 4.78 is 37.3. The van der Waals surface area contributed by atoms with Crippen molar-refractivity contribution in [3.05, 3.63) is 449 Å². The summed E-state index contributed by atoms with van der Waals surface area (Å²) in [5.74, 6) is 1.87. The molecule has 31 rings (SSSR count). The second-order valence-corrected chi connectivity index (χ2v) is 36.8. The fourth-order valence-electron chi connectivity index (χ4n) is 21.8. The van der Waals surface area contributed by atoms with Gasteiger partial charge in [-0.1, -0.05) is 309 Å². The number of aromatic nitrogens is 10. The van der Waals surface area contributed by atoms with Crippen molar-refractivity contribution in [2.75, 3.05) is 0 Å². The Hall–Kier alpha value is -19.0. The molecule has 0 spiro atoms. The summed E-state index contributed by atoms with van der Waals surface area (Å²) in [6, 6.07) is 156. The molecule has 0 saturated carbocycles. The Kier molecular flexibility index (Phi) is 17.9. The van der Waals surface area contributed by atoms with E-state index in [1.165, 1.54) is 85.3 Å². The largest absolute Gasteiger partial charge is 0.456 e. The summed E-state index contributed by atoms with van der Waals surface area (Å²) in [5.41, 5.74) is 27.9. The maximum absolute atomic E-state index is 6.35. The van der Waals surface area contributed by atoms with Crippen molar-refractivity contribution in [2.24, 2.45) is 0 Å². The molecule has 0 amide bonds. The predicted octanol–water partition coefficient (Wildman–Crippen LogP) is 33.8. The van der Waals surface area contributed by atoms with E-state index in [9.17, 15) is 0 Å². The average molecular weight is 1820 g/mol. The number of hydrogen-bond acceptors (Lipinski definition) is 11. The molecule has 0 fully saturated rings. The number of rotatable bonds is 10. The van der Waals surface area contributed by atoms with Crippen LogP contribution in [0.25, 0.3) is 286 Å². The molecule has 0 aliphatic heterocycles. The minimum Gasteiger partial charge on any atom is -0.456 e. The monoisotopic (exact) mass is 1820 g/mol. The number of thiophene rings is 1. The second-order valence-electron chi connectivity index (χ2n) is 35.7. The third kappa shape index (κ3) is 12.6. The number of para-hydroxylation sites is 9. The van der Waals surface area contributed by atoms with Crippen molar-refractivity contribution >= 4 is 207 Å². The van der Waals surface area contributed by atoms with Crippen LogP contribution >= 0.6 is 11.3 Å². The predicted molar refractivity (Wildman–Crippen MR) is 578 cm³/mol. The highest BCUT2D eigenvalue weighted by molar-refractivity contribution is 7.26. The van der Waals surface area contributed by atoms with E-state index in [2.05, 4.69) is 346 Å². The first-order chi connectivity index (χ1) is 69.9. The molecule has 0 N–H and O–H groups in total. The quantitative estimate of drug-likeness (QED) is 0.129. The van der Waals surface area contributed by atoms with Crippen LogP contribution in [-0.4, -0.2) is 48.2 Å². The number of fused-ring (bicyclic) bond motifs is 30. The van der Waals surface area contributed by atoms with Gasteiger partial charge in [0.05, 0.1) is 77.4 Å². The standard InChI is InChI=1S/C46H28N4O.C40H23N3O2.C40H23N3OS/c1-3-14-29(15-4-1)44-43-35-22-9-12-25-40(35)51-46(43)48-45(47-44)30-16-13-19-32(28-30)50-37-24-11-8-21-34(37)42-39(50)27-26-38-41(42)33-20-7-10-23-36(33)49(38)31-17-5-2-6-18-31;1-2-11-24(12-3-1)38-37-29-17-6-9-20-33(29)45-40(37)42-39(41-38)25-13-10-14-26(23-25)43-30-18-7-4-15-27(30)35-31(43)21-22-34-36(35)28-16-5-8-19-32(28)44-34;1-2-11-24(12-3-1)38-37-28-16-5-8-19-32(28)44-40(37)42-39(41-38)25-13-10-14-26(23-25)43-30-18-7-4-15-27(30)35-31(43)21-22-34-36(35)29-17-6-9-20-33(29)45-34/h1-28H;2*1-23H. The molecule has 12 aromatic heterocycles. The minimum absolute atomic E-state index is 0.580. The van der Waals surface area contributed by atoms with Crippen LogP contribution < -0.4 is 0 Å². The first-order valence-electron chi connectivity index (χ1n) is 47.2. The highest BCUT2D eigenvalue weighted by Gasteiger charge is 2.28. The number of hydrogen-bond donors (Lipinski definition) is 0. The molecule has 31 aromatic rings. The molecule has 0 aliphatic rings. The van der Waals surface area contributed by atoms with Crippen LogP contribution in [0.4, 0.5) is 0 Å². The van der Waals surface area contributed by atoms with E-state index in [-0.39, 0.29) is 0 Å². The van der Waals surface area contributed by atoms with Crippen LogP contribution in [0.2, 0.25) is 0 Å². The first-order valence-corrected chi connectivity index (χ1v) is 48.0. The Labute approximate surface area is 806 Å². The van der Waals surface area contributed by atoms with Gasteiger partial charge in [-0.3, -0.25) is 0 Å². The average Bonchev–Trinajstić information content (AvgIpc) is 1.51. The molecule has 0 atom stereocenters. The summed E-state index contributed by atoms with van der Waals surface area (Å²) >= 11 is 1.86. The number of benzene rings is 19. The van der Waals surface area contributed by atoms with E-state index >= 15 is 0 Å². The van der Waals surface area contributed by atoms with Crippen molar-refractivity contribution in [3.63, 3.8) is 0 Å². The molecule has 0 radical (unpaired) electrons. The van der Waals surface area contributed by atoms with Crippen LogP contribution in [0.3, 0.4) is 0 Å². The van der Waals surface area contributed by atoms with Gasteiger partial charge in [0.1, 0.15) is 27.9 Å². The fraction of sp³-hybridized carbons (Fsp3) is 0. The lowest BCUT2D eigenvalue weighted by molar-refractivity contribution is 0.653. The van der Waals surface area contributed by atoms with Gasteiger partial charge in [0.25, 0.3) is 0 Å². The third-order valence-corrected chi connectivity index (χ3v) is 28.9. The van der Waals surface area contributed by atoms with Gasteiger partial charge < -0.3 is 35.9 Å². The molecule has 12 heterocycles. The molecule has 19 aromatic carbocycles. The Morgan fingerprint density at radius 2 is 0.440 bits per heavy atom. The van der Waals surface area contributed by atoms with Crippen LogP contribution in [0, 0.1) is 0 Å². The molecule has 0 saturated heterocycles. The SMILES string of the molecule is c1ccc(-c2nc(-c3cccc(-n4c5ccccc5c5c6c(ccc54)oc4ccccc46)c3)nc3oc4ccccc4c23)cc1.c1ccc(-c2nc(-c3cccc(-n4c5ccccc5c5c6c(ccc54)sc4ccccc46)c3)nc3oc4ccccc4c23)cc1.c1ccc(-c2nc(-c3cccc(-n4c5ccccc5c5c6c7ccccc7n(-c7ccccc7)c6ccc54)c3)nc3oc4ccccc4c23)cc1. The van der Waals surface area contributed by atoms with Gasteiger partial charge in [-0.2, -0.15) is 15.0 Å². The Morgan fingerprint density at radius 1 is 0.163 bits per heavy atom. The summed E-state index contributed by atoms with van der Waals surface area (Å²) in [7, 11) is 0. The zero-order valence-corrected chi connectivity index (χ0v) is 76.1. The van der Waals surface area contributed by atoms with Gasteiger partial charge >= 0.3 is 0 Å². The molecule has 14 nitrogen and oxygen atoms in total. The molecule has 0 aliphatic carbocycles. The lowest BCUT2D eigenvalue weighted by atomic mass is 10.1. The summed E-state index contributed by atoms with van der Waals surface area (Å²) in [4.78, 5) is 30.6. The zero-order chi connectivity index (χ0) is 92.4. The van der Waals surface area contributed by atoms with E-state index in [0.29, 0.717) is 34.6 Å². The molecule has 0 bridgehead atoms. The van der Waals surface area contributed by atoms with Gasteiger partial charge in [-0.25, -0.2) is 15.0 Å². The maximum atomic E-state index is 6.35. The Morgan fingerprint density at radius 3 is 0.830 bits per heavy atom. The highest BCUT2D eigenvalue weighted by atomic mass is 32.1. The molecule has 15 heteroatoms. The van der Waals surface area contributed by atoms with Gasteiger partial charge in [-0.05, 0) is 140 Å². The number of furan rings is 4. The van der Waals surface area contributed by atoms with Crippen molar-refractivity contribution in [1.82, 2.24) is 48.2 Å². The van der Waals surface area contributed by atoms with Gasteiger partial charge in [0.2, 0.25) is 17.1 Å². The Bertz CT molecular complexity index is 10200. The van der Waals surface area contributed by atoms with Gasteiger partial charge in [0.15, 0.2) is 17.5 Å². The third-order valence-electron chi connectivity index (χ3n) is 27.8. The van der Waals surface area contributed by atoms with E-state index in [1.807, 2.05) is 133 Å². The minimum atomic E-state index is 0.580. The van der Waals surface area contributed by atoms with Crippen molar-refractivity contribution in [3.8, 4) is 90.7 Å². The molecule has 141 heavy (non-hydrogen) atoms. The van der Waals surface area contributed by atoms with E-state index in [0.717, 1.165) is 166 Å². The smallest absolute Gasteiger partial charge is 0.231 e. The van der Waals surface area contributed by atoms with Crippen molar-refractivity contribution in [2.45, 2.75) is 0 Å². The molecular weight excluding hydrogens is 1750 g/mol. The maximum Gasteiger partial charge on any atom is 0.231 e. The van der Waals surface area contributed by atoms with Crippen LogP contribution in [0.15, 0.2) is 467 Å². The summed E-state index contributed by atoms with van der Waals surface area (Å²) in [6.45, 7) is 0. The lowest BCUT2D eigenvalue weighted by Gasteiger charge is -2.11. The first kappa shape index (κ1) is 79.4. The summed E-state index contributed by atoms with van der Waals surface area (Å²) in [6.07, 6.45) is 0. The molecule has 658 valence electrons. The molecular formula is C126H74N10O4S. The lowest BCUT2D eigenvalue weighted by Crippen LogP contribution is -1.97. The van der Waals surface area contributed by atoms with E-state index in [1.54, 1.807) is 0 Å². The Balaban J connectivity index is 0.000000102. The summed E-state index contributed by atoms with van der Waals surface area (Å²) in [5, 5.41) is 20.6. The van der Waals surface area contributed by atoms with Crippen molar-refractivity contribution < 1.29 is 17.7 Å². The van der Waals surface area contributed by atoms with Crippen LogP contribution in [0.5, 0.6) is 0 Å². The van der Waals surface area contributed by atoms with Crippen molar-refractivity contribution in [1.29, 1.82) is 0 Å². The van der Waals surface area contributed by atoms with E-state index in [4.69, 9.17) is 47.6 Å². The van der Waals surface area contributed by atoms with Gasteiger partial charge in [0, 0.05) is 146 Å². The van der Waals surface area contributed by atoms with Crippen LogP contribution in [0.1, 0.15) is 0 Å². The van der Waals surface area contributed by atoms with Crippen LogP contribution in [-0.2, 0) is 0 Å². The number of nitrogens with zero attached hydrogens (tertiary/aromatic N) is 10. The zero-order valence-electron chi connectivity index (χ0n) is 75.2. The van der Waals surface area contributed by atoms with Gasteiger partial charge in [-0.15, -0.1) is 11.3 Å². The normalized spacial score (nSPS) is 12.0.